The summed E-state index contributed by atoms with van der Waals surface area (Å²) >= 11 is 6.08. The molecule has 0 aromatic heterocycles. The first-order valence-corrected chi connectivity index (χ1v) is 13.2. The molecule has 0 radical (unpaired) electrons. The third-order valence-corrected chi connectivity index (χ3v) is 7.05. The van der Waals surface area contributed by atoms with E-state index >= 15 is 0 Å². The highest BCUT2D eigenvalue weighted by Gasteiger charge is 2.15. The van der Waals surface area contributed by atoms with Gasteiger partial charge in [-0.05, 0) is 69.4 Å². The van der Waals surface area contributed by atoms with Crippen LogP contribution in [-0.2, 0) is 24.3 Å². The minimum Gasteiger partial charge on any atom is -0.334 e. The zero-order valence-electron chi connectivity index (χ0n) is 20.9. The van der Waals surface area contributed by atoms with E-state index in [2.05, 4.69) is 78.1 Å². The smallest absolute Gasteiger partial charge is 0.224 e. The molecule has 0 aliphatic carbocycles. The SMILES string of the molecule is O=C(CCNCCc1cccc2ccccc12)N(Cc1ccc(Cl)cc1)Cc1ccc2ccccc2c1. The molecule has 0 aliphatic rings. The van der Waals surface area contributed by atoms with E-state index in [0.717, 1.165) is 24.1 Å². The van der Waals surface area contributed by atoms with Crippen LogP contribution >= 0.6 is 11.6 Å². The number of fused-ring (bicyclic) bond motifs is 2. The van der Waals surface area contributed by atoms with Crippen LogP contribution in [0.2, 0.25) is 5.02 Å². The lowest BCUT2D eigenvalue weighted by Crippen LogP contribution is -2.33. The van der Waals surface area contributed by atoms with E-state index in [9.17, 15) is 4.79 Å². The maximum atomic E-state index is 13.4. The summed E-state index contributed by atoms with van der Waals surface area (Å²) in [4.78, 5) is 15.3. The average Bonchev–Trinajstić information content (AvgIpc) is 2.93. The van der Waals surface area contributed by atoms with Crippen LogP contribution in [0.25, 0.3) is 21.5 Å². The Hall–Kier alpha value is -3.66. The second-order valence-corrected chi connectivity index (χ2v) is 9.88. The molecule has 0 spiro atoms. The summed E-state index contributed by atoms with van der Waals surface area (Å²) in [6, 6.07) is 37.4. The predicted octanol–water partition coefficient (Wildman–Crippen LogP) is 7.40. The number of halogens is 1. The Bertz CT molecular complexity index is 1490. The fourth-order valence-electron chi connectivity index (χ4n) is 4.81. The van der Waals surface area contributed by atoms with E-state index in [4.69, 9.17) is 11.6 Å². The number of hydrogen-bond acceptors (Lipinski definition) is 2. The van der Waals surface area contributed by atoms with Gasteiger partial charge in [0.05, 0.1) is 0 Å². The number of carbonyl (C=O) groups excluding carboxylic acids is 1. The number of amides is 1. The van der Waals surface area contributed by atoms with E-state index in [0.29, 0.717) is 31.1 Å². The maximum Gasteiger partial charge on any atom is 0.224 e. The van der Waals surface area contributed by atoms with Gasteiger partial charge in [0.2, 0.25) is 5.91 Å². The molecule has 0 fully saturated rings. The highest BCUT2D eigenvalue weighted by Crippen LogP contribution is 2.20. The maximum absolute atomic E-state index is 13.4. The van der Waals surface area contributed by atoms with E-state index in [1.54, 1.807) is 0 Å². The number of rotatable bonds is 10. The van der Waals surface area contributed by atoms with Crippen molar-refractivity contribution >= 4 is 39.1 Å². The highest BCUT2D eigenvalue weighted by molar-refractivity contribution is 6.30. The number of carbonyl (C=O) groups is 1. The molecular formula is C33H31ClN2O. The van der Waals surface area contributed by atoms with Crippen molar-refractivity contribution in [3.8, 4) is 0 Å². The third kappa shape index (κ3) is 6.56. The first kappa shape index (κ1) is 25.0. The topological polar surface area (TPSA) is 32.3 Å². The van der Waals surface area contributed by atoms with Crippen molar-refractivity contribution in [2.45, 2.75) is 25.9 Å². The minimum atomic E-state index is 0.140. The largest absolute Gasteiger partial charge is 0.334 e. The Morgan fingerprint density at radius 3 is 2.19 bits per heavy atom. The predicted molar refractivity (Wildman–Crippen MR) is 155 cm³/mol. The standard InChI is InChI=1S/C33H31ClN2O/c34-31-16-13-25(14-17-31)23-36(24-26-12-15-27-6-1-2-8-30(27)22-26)33(37)19-21-35-20-18-29-10-5-9-28-7-3-4-11-32(28)29/h1-17,22,35H,18-21,23-24H2. The summed E-state index contributed by atoms with van der Waals surface area (Å²) in [5.74, 6) is 0.140. The average molecular weight is 507 g/mol. The molecule has 5 aromatic carbocycles. The molecule has 37 heavy (non-hydrogen) atoms. The molecule has 5 rings (SSSR count). The van der Waals surface area contributed by atoms with Gasteiger partial charge in [0.25, 0.3) is 0 Å². The van der Waals surface area contributed by atoms with Crippen LogP contribution in [0.3, 0.4) is 0 Å². The van der Waals surface area contributed by atoms with Crippen LogP contribution in [0.15, 0.2) is 109 Å². The van der Waals surface area contributed by atoms with Gasteiger partial charge in [-0.1, -0.05) is 103 Å². The Morgan fingerprint density at radius 2 is 1.35 bits per heavy atom. The Morgan fingerprint density at radius 1 is 0.676 bits per heavy atom. The normalized spacial score (nSPS) is 11.2. The number of nitrogens with one attached hydrogen (secondary N) is 1. The van der Waals surface area contributed by atoms with Gasteiger partial charge in [0.15, 0.2) is 0 Å². The van der Waals surface area contributed by atoms with Gasteiger partial charge >= 0.3 is 0 Å². The van der Waals surface area contributed by atoms with Crippen molar-refractivity contribution in [2.24, 2.45) is 0 Å². The Kier molecular flexibility index (Phi) is 8.15. The monoisotopic (exact) mass is 506 g/mol. The highest BCUT2D eigenvalue weighted by atomic mass is 35.5. The minimum absolute atomic E-state index is 0.140. The van der Waals surface area contributed by atoms with Crippen molar-refractivity contribution in [2.75, 3.05) is 13.1 Å². The van der Waals surface area contributed by atoms with Gasteiger partial charge in [0.1, 0.15) is 0 Å². The van der Waals surface area contributed by atoms with E-state index in [1.807, 2.05) is 41.3 Å². The Labute approximate surface area is 223 Å². The number of benzene rings is 5. The molecule has 186 valence electrons. The molecule has 0 atom stereocenters. The summed E-state index contributed by atoms with van der Waals surface area (Å²) in [7, 11) is 0. The van der Waals surface area contributed by atoms with Crippen LogP contribution in [0.1, 0.15) is 23.1 Å². The van der Waals surface area contributed by atoms with Crippen LogP contribution in [0.5, 0.6) is 0 Å². The molecule has 1 N–H and O–H groups in total. The molecule has 3 nitrogen and oxygen atoms in total. The van der Waals surface area contributed by atoms with Gasteiger partial charge in [-0.25, -0.2) is 0 Å². The zero-order chi connectivity index (χ0) is 25.5. The third-order valence-electron chi connectivity index (χ3n) is 6.79. The molecule has 4 heteroatoms. The summed E-state index contributed by atoms with van der Waals surface area (Å²) in [5.41, 5.74) is 3.53. The van der Waals surface area contributed by atoms with Gasteiger partial charge in [0, 0.05) is 31.1 Å². The van der Waals surface area contributed by atoms with Gasteiger partial charge in [-0.3, -0.25) is 4.79 Å². The van der Waals surface area contributed by atoms with Crippen molar-refractivity contribution in [1.82, 2.24) is 10.2 Å². The summed E-state index contributed by atoms with van der Waals surface area (Å²) in [6.45, 7) is 2.61. The molecule has 1 amide bonds. The number of hydrogen-bond donors (Lipinski definition) is 1. The summed E-state index contributed by atoms with van der Waals surface area (Å²) in [6.07, 6.45) is 1.39. The fourth-order valence-corrected chi connectivity index (χ4v) is 4.94. The fraction of sp³-hybridized carbons (Fsp3) is 0.182. The van der Waals surface area contributed by atoms with Crippen LogP contribution in [-0.4, -0.2) is 23.9 Å². The van der Waals surface area contributed by atoms with Crippen molar-refractivity contribution in [3.63, 3.8) is 0 Å². The van der Waals surface area contributed by atoms with Gasteiger partial charge in [-0.15, -0.1) is 0 Å². The quantitative estimate of drug-likeness (QED) is 0.200. The molecule has 0 unspecified atom stereocenters. The van der Waals surface area contributed by atoms with Gasteiger partial charge in [-0.2, -0.15) is 0 Å². The summed E-state index contributed by atoms with van der Waals surface area (Å²) in [5, 5.41) is 9.14. The zero-order valence-corrected chi connectivity index (χ0v) is 21.6. The molecule has 0 bridgehead atoms. The van der Waals surface area contributed by atoms with Crippen LogP contribution < -0.4 is 5.32 Å². The van der Waals surface area contributed by atoms with Crippen LogP contribution in [0.4, 0.5) is 0 Å². The molecule has 0 heterocycles. The van der Waals surface area contributed by atoms with E-state index in [1.165, 1.54) is 27.1 Å². The Balaban J connectivity index is 1.21. The second-order valence-electron chi connectivity index (χ2n) is 9.45. The van der Waals surface area contributed by atoms with Gasteiger partial charge < -0.3 is 10.2 Å². The lowest BCUT2D eigenvalue weighted by atomic mass is 10.0. The lowest BCUT2D eigenvalue weighted by molar-refractivity contribution is -0.132. The van der Waals surface area contributed by atoms with E-state index in [-0.39, 0.29) is 5.91 Å². The molecule has 0 aliphatic heterocycles. The molecular weight excluding hydrogens is 476 g/mol. The van der Waals surface area contributed by atoms with Crippen molar-refractivity contribution in [1.29, 1.82) is 0 Å². The first-order valence-electron chi connectivity index (χ1n) is 12.8. The summed E-state index contributed by atoms with van der Waals surface area (Å²) < 4.78 is 0. The molecule has 0 saturated carbocycles. The van der Waals surface area contributed by atoms with E-state index < -0.39 is 0 Å². The van der Waals surface area contributed by atoms with Crippen LogP contribution in [0, 0.1) is 0 Å². The first-order chi connectivity index (χ1) is 18.2. The lowest BCUT2D eigenvalue weighted by Gasteiger charge is -2.24. The van der Waals surface area contributed by atoms with Crippen molar-refractivity contribution in [3.05, 3.63) is 131 Å². The molecule has 5 aromatic rings. The number of nitrogens with zero attached hydrogens (tertiary/aromatic N) is 1. The molecule has 0 saturated heterocycles. The van der Waals surface area contributed by atoms with Crippen molar-refractivity contribution < 1.29 is 4.79 Å². The second kappa shape index (κ2) is 12.1.